The van der Waals surface area contributed by atoms with Gasteiger partial charge in [-0.25, -0.2) is 0 Å². The van der Waals surface area contributed by atoms with Crippen molar-refractivity contribution in [2.75, 3.05) is 12.3 Å². The molecule has 0 atom stereocenters. The van der Waals surface area contributed by atoms with Crippen molar-refractivity contribution in [3.05, 3.63) is 87.9 Å². The van der Waals surface area contributed by atoms with Crippen LogP contribution >= 0.6 is 35.0 Å². The number of thioether (sulfide) groups is 1. The molecule has 0 aliphatic heterocycles. The summed E-state index contributed by atoms with van der Waals surface area (Å²) in [5.74, 6) is 0.505. The van der Waals surface area contributed by atoms with Crippen molar-refractivity contribution in [1.29, 1.82) is 0 Å². The number of aromatic amines is 1. The largest absolute Gasteiger partial charge is 0.354 e. The van der Waals surface area contributed by atoms with E-state index in [1.807, 2.05) is 12.1 Å². The lowest BCUT2D eigenvalue weighted by Gasteiger charge is -2.08. The summed E-state index contributed by atoms with van der Waals surface area (Å²) in [4.78, 5) is 17.2. The van der Waals surface area contributed by atoms with Crippen LogP contribution in [0.4, 0.5) is 0 Å². The van der Waals surface area contributed by atoms with Crippen molar-refractivity contribution in [2.24, 2.45) is 0 Å². The van der Waals surface area contributed by atoms with Crippen LogP contribution in [-0.4, -0.2) is 23.2 Å². The van der Waals surface area contributed by atoms with Crippen molar-refractivity contribution < 1.29 is 4.79 Å². The van der Waals surface area contributed by atoms with Crippen LogP contribution in [0.1, 0.15) is 15.9 Å². The number of aromatic nitrogens is 1. The lowest BCUT2D eigenvalue weighted by atomic mass is 10.1. The predicted molar refractivity (Wildman–Crippen MR) is 128 cm³/mol. The zero-order valence-corrected chi connectivity index (χ0v) is 18.7. The molecule has 4 rings (SSSR count). The van der Waals surface area contributed by atoms with Gasteiger partial charge in [-0.2, -0.15) is 0 Å². The Balaban J connectivity index is 1.50. The molecule has 4 aromatic rings. The predicted octanol–water partition coefficient (Wildman–Crippen LogP) is 6.97. The first kappa shape index (κ1) is 20.9. The number of amides is 1. The number of H-pyrrole nitrogens is 1. The first-order valence-corrected chi connectivity index (χ1v) is 11.3. The number of fused-ring (bicyclic) bond motifs is 1. The standard InChI is InChI=1S/C24H20Cl2N2OS/c1-15-6-8-16(9-7-15)22-23(18-4-2-3-5-21(18)28-22)30-13-12-27-24(29)19-14-17(25)10-11-20(19)26/h2-11,14,28H,12-13H2,1H3,(H,27,29). The third-order valence-electron chi connectivity index (χ3n) is 4.81. The van der Waals surface area contributed by atoms with Crippen molar-refractivity contribution >= 4 is 51.8 Å². The highest BCUT2D eigenvalue weighted by Gasteiger charge is 2.14. The normalized spacial score (nSPS) is 11.0. The maximum Gasteiger partial charge on any atom is 0.252 e. The van der Waals surface area contributed by atoms with E-state index < -0.39 is 0 Å². The Morgan fingerprint density at radius 2 is 1.80 bits per heavy atom. The third kappa shape index (κ3) is 4.51. The molecule has 152 valence electrons. The molecule has 6 heteroatoms. The molecule has 0 saturated heterocycles. The van der Waals surface area contributed by atoms with E-state index in [0.717, 1.165) is 22.5 Å². The molecule has 0 fully saturated rings. The lowest BCUT2D eigenvalue weighted by molar-refractivity contribution is 0.0956. The molecular weight excluding hydrogens is 435 g/mol. The van der Waals surface area contributed by atoms with Gasteiger partial charge in [-0.15, -0.1) is 11.8 Å². The Morgan fingerprint density at radius 1 is 1.03 bits per heavy atom. The monoisotopic (exact) mass is 454 g/mol. The molecule has 0 spiro atoms. The average molecular weight is 455 g/mol. The number of benzene rings is 3. The van der Waals surface area contributed by atoms with Crippen LogP contribution in [0.5, 0.6) is 0 Å². The van der Waals surface area contributed by atoms with Crippen LogP contribution in [0, 0.1) is 6.92 Å². The summed E-state index contributed by atoms with van der Waals surface area (Å²) >= 11 is 13.8. The van der Waals surface area contributed by atoms with Gasteiger partial charge in [0, 0.05) is 33.1 Å². The number of rotatable bonds is 6. The van der Waals surface area contributed by atoms with Crippen molar-refractivity contribution in [2.45, 2.75) is 11.8 Å². The smallest absolute Gasteiger partial charge is 0.252 e. The maximum absolute atomic E-state index is 12.4. The fourth-order valence-electron chi connectivity index (χ4n) is 3.27. The van der Waals surface area contributed by atoms with E-state index >= 15 is 0 Å². The second kappa shape index (κ2) is 9.17. The van der Waals surface area contributed by atoms with Gasteiger partial charge in [0.1, 0.15) is 0 Å². The van der Waals surface area contributed by atoms with E-state index in [2.05, 4.69) is 53.6 Å². The quantitative estimate of drug-likeness (QED) is 0.244. The van der Waals surface area contributed by atoms with Crippen LogP contribution in [0.15, 0.2) is 71.6 Å². The Kier molecular flexibility index (Phi) is 6.38. The summed E-state index contributed by atoms with van der Waals surface area (Å²) in [6, 6.07) is 21.7. The summed E-state index contributed by atoms with van der Waals surface area (Å²) < 4.78 is 0. The summed E-state index contributed by atoms with van der Waals surface area (Å²) in [6.45, 7) is 2.60. The third-order valence-corrected chi connectivity index (χ3v) is 6.49. The van der Waals surface area contributed by atoms with Gasteiger partial charge in [-0.1, -0.05) is 71.2 Å². The van der Waals surface area contributed by atoms with E-state index in [1.54, 1.807) is 30.0 Å². The van der Waals surface area contributed by atoms with Crippen molar-refractivity contribution in [1.82, 2.24) is 10.3 Å². The molecule has 30 heavy (non-hydrogen) atoms. The van der Waals surface area contributed by atoms with Gasteiger partial charge in [0.25, 0.3) is 5.91 Å². The number of aryl methyl sites for hydroxylation is 1. The van der Waals surface area contributed by atoms with Gasteiger partial charge in [0.15, 0.2) is 0 Å². The molecular formula is C24H20Cl2N2OS. The van der Waals surface area contributed by atoms with Crippen molar-refractivity contribution in [3.8, 4) is 11.3 Å². The number of hydrogen-bond acceptors (Lipinski definition) is 2. The van der Waals surface area contributed by atoms with Crippen molar-refractivity contribution in [3.63, 3.8) is 0 Å². The van der Waals surface area contributed by atoms with E-state index in [9.17, 15) is 4.79 Å². The van der Waals surface area contributed by atoms with Crippen LogP contribution in [-0.2, 0) is 0 Å². The van der Waals surface area contributed by atoms with Crippen LogP contribution in [0.3, 0.4) is 0 Å². The number of para-hydroxylation sites is 1. The molecule has 0 radical (unpaired) electrons. The summed E-state index contributed by atoms with van der Waals surface area (Å²) in [7, 11) is 0. The summed E-state index contributed by atoms with van der Waals surface area (Å²) in [5.41, 5.74) is 4.97. The fraction of sp³-hybridized carbons (Fsp3) is 0.125. The number of halogens is 2. The molecule has 0 aliphatic carbocycles. The molecule has 0 bridgehead atoms. The minimum absolute atomic E-state index is 0.221. The minimum Gasteiger partial charge on any atom is -0.354 e. The Labute approximate surface area is 189 Å². The number of hydrogen-bond donors (Lipinski definition) is 2. The molecule has 1 heterocycles. The molecule has 1 amide bonds. The van der Waals surface area contributed by atoms with Crippen LogP contribution < -0.4 is 5.32 Å². The second-order valence-corrected chi connectivity index (χ2v) is 8.92. The Hall–Kier alpha value is -2.40. The number of nitrogens with one attached hydrogen (secondary N) is 2. The first-order chi connectivity index (χ1) is 14.5. The summed E-state index contributed by atoms with van der Waals surface area (Å²) in [5, 5.41) is 4.99. The lowest BCUT2D eigenvalue weighted by Crippen LogP contribution is -2.26. The van der Waals surface area contributed by atoms with E-state index in [1.165, 1.54) is 15.8 Å². The molecule has 0 unspecified atom stereocenters. The molecule has 0 aliphatic rings. The number of carbonyl (C=O) groups is 1. The zero-order chi connectivity index (χ0) is 21.1. The first-order valence-electron chi connectivity index (χ1n) is 9.57. The van der Waals surface area contributed by atoms with Gasteiger partial charge in [-0.3, -0.25) is 4.79 Å². The van der Waals surface area contributed by atoms with Gasteiger partial charge in [0.05, 0.1) is 16.3 Å². The van der Waals surface area contributed by atoms with Crippen LogP contribution in [0.25, 0.3) is 22.2 Å². The molecule has 0 saturated carbocycles. The fourth-order valence-corrected chi connectivity index (χ4v) is 4.70. The zero-order valence-electron chi connectivity index (χ0n) is 16.3. The van der Waals surface area contributed by atoms with Gasteiger partial charge < -0.3 is 10.3 Å². The van der Waals surface area contributed by atoms with E-state index in [0.29, 0.717) is 22.2 Å². The average Bonchev–Trinajstić information content (AvgIpc) is 3.12. The van der Waals surface area contributed by atoms with Gasteiger partial charge in [0.2, 0.25) is 0 Å². The van der Waals surface area contributed by atoms with Gasteiger partial charge >= 0.3 is 0 Å². The molecule has 3 nitrogen and oxygen atoms in total. The van der Waals surface area contributed by atoms with E-state index in [4.69, 9.17) is 23.2 Å². The van der Waals surface area contributed by atoms with Gasteiger partial charge in [-0.05, 0) is 36.8 Å². The van der Waals surface area contributed by atoms with E-state index in [-0.39, 0.29) is 5.91 Å². The minimum atomic E-state index is -0.221. The Morgan fingerprint density at radius 3 is 2.60 bits per heavy atom. The topological polar surface area (TPSA) is 44.9 Å². The highest BCUT2D eigenvalue weighted by atomic mass is 35.5. The highest BCUT2D eigenvalue weighted by Crippen LogP contribution is 2.37. The molecule has 3 aromatic carbocycles. The maximum atomic E-state index is 12.4. The number of carbonyl (C=O) groups excluding carboxylic acids is 1. The summed E-state index contributed by atoms with van der Waals surface area (Å²) in [6.07, 6.45) is 0. The molecule has 1 aromatic heterocycles. The highest BCUT2D eigenvalue weighted by molar-refractivity contribution is 7.99. The molecule has 2 N–H and O–H groups in total. The van der Waals surface area contributed by atoms with Crippen LogP contribution in [0.2, 0.25) is 10.0 Å². The Bertz CT molecular complexity index is 1200. The second-order valence-electron chi connectivity index (χ2n) is 6.97. The SMILES string of the molecule is Cc1ccc(-c2[nH]c3ccccc3c2SCCNC(=O)c2cc(Cl)ccc2Cl)cc1.